The molecule has 176 valence electrons. The van der Waals surface area contributed by atoms with Gasteiger partial charge in [-0.1, -0.05) is 44.5 Å². The molecule has 5 heteroatoms. The summed E-state index contributed by atoms with van der Waals surface area (Å²) in [5, 5.41) is 19.3. The molecule has 32 heavy (non-hydrogen) atoms. The summed E-state index contributed by atoms with van der Waals surface area (Å²) < 4.78 is 2.31. The summed E-state index contributed by atoms with van der Waals surface area (Å²) >= 11 is 0. The smallest absolute Gasteiger partial charge is 0.138 e. The number of aliphatic hydroxyl groups excluding tert-OH is 1. The molecular weight excluding hydrogens is 398 g/mol. The average molecular weight is 440 g/mol. The van der Waals surface area contributed by atoms with Crippen LogP contribution in [0.5, 0.6) is 0 Å². The molecule has 0 spiro atoms. The van der Waals surface area contributed by atoms with Crippen LogP contribution in [-0.2, 0) is 17.6 Å². The first-order valence-corrected chi connectivity index (χ1v) is 12.2. The van der Waals surface area contributed by atoms with E-state index in [4.69, 9.17) is 0 Å². The minimum Gasteiger partial charge on any atom is -0.393 e. The van der Waals surface area contributed by atoms with Crippen molar-refractivity contribution >= 4 is 5.78 Å². The highest BCUT2D eigenvalue weighted by molar-refractivity contribution is 5.82. The van der Waals surface area contributed by atoms with Gasteiger partial charge in [0.15, 0.2) is 0 Å². The van der Waals surface area contributed by atoms with Crippen LogP contribution in [0.2, 0.25) is 0 Å². The van der Waals surface area contributed by atoms with Gasteiger partial charge in [-0.25, -0.2) is 0 Å². The van der Waals surface area contributed by atoms with Crippen molar-refractivity contribution < 1.29 is 9.90 Å². The van der Waals surface area contributed by atoms with Gasteiger partial charge in [0.25, 0.3) is 0 Å². The van der Waals surface area contributed by atoms with Gasteiger partial charge >= 0.3 is 0 Å². The average Bonchev–Trinajstić information content (AvgIpc) is 3.42. The standard InChI is InChI=1S/C27H41N3O2/c1-18-9-10-21(19(2)14-18)16-24(32)17-22(15-20(3)31)26-29-28-25(30(26)23-11-12-23)8-7-13-27(4,5)6/h9-10,14,20,22-23,31H,7-8,11-13,15-17H2,1-6H3/t20-,22+/m1/s1. The summed E-state index contributed by atoms with van der Waals surface area (Å²) in [5.41, 5.74) is 3.76. The first-order chi connectivity index (χ1) is 15.0. The van der Waals surface area contributed by atoms with Crippen LogP contribution in [0.25, 0.3) is 0 Å². The molecule has 0 bridgehead atoms. The summed E-state index contributed by atoms with van der Waals surface area (Å²) in [6.07, 6.45) is 6.31. The fourth-order valence-corrected chi connectivity index (χ4v) is 4.59. The SMILES string of the molecule is Cc1ccc(CC(=O)C[C@H](C[C@@H](C)O)c2nnc(CCCC(C)(C)C)n2C2CC2)c(C)c1. The fourth-order valence-electron chi connectivity index (χ4n) is 4.59. The third-order valence-corrected chi connectivity index (χ3v) is 6.38. The molecule has 2 aromatic rings. The molecule has 1 aromatic carbocycles. The molecule has 0 aliphatic heterocycles. The van der Waals surface area contributed by atoms with E-state index in [0.29, 0.717) is 30.7 Å². The maximum atomic E-state index is 13.1. The number of rotatable bonds is 11. The Balaban J connectivity index is 1.77. The molecule has 1 aliphatic carbocycles. The van der Waals surface area contributed by atoms with Crippen LogP contribution in [0.4, 0.5) is 0 Å². The van der Waals surface area contributed by atoms with Crippen molar-refractivity contribution in [2.75, 3.05) is 0 Å². The lowest BCUT2D eigenvalue weighted by Crippen LogP contribution is -2.19. The first-order valence-electron chi connectivity index (χ1n) is 12.2. The van der Waals surface area contributed by atoms with E-state index in [9.17, 15) is 9.90 Å². The molecule has 1 aliphatic rings. The maximum absolute atomic E-state index is 13.1. The first kappa shape index (κ1) is 24.6. The van der Waals surface area contributed by atoms with E-state index in [0.717, 1.165) is 54.9 Å². The molecule has 1 fully saturated rings. The number of aryl methyl sites for hydroxylation is 3. The molecule has 2 atom stereocenters. The molecule has 0 radical (unpaired) electrons. The molecular formula is C27H41N3O2. The monoisotopic (exact) mass is 439 g/mol. The Hall–Kier alpha value is -2.01. The second-order valence-corrected chi connectivity index (χ2v) is 11.1. The van der Waals surface area contributed by atoms with Crippen LogP contribution < -0.4 is 0 Å². The molecule has 1 N–H and O–H groups in total. The van der Waals surface area contributed by atoms with Gasteiger partial charge < -0.3 is 9.67 Å². The van der Waals surface area contributed by atoms with Crippen LogP contribution in [0, 0.1) is 19.3 Å². The summed E-state index contributed by atoms with van der Waals surface area (Å²) in [4.78, 5) is 13.1. The quantitative estimate of drug-likeness (QED) is 0.491. The van der Waals surface area contributed by atoms with Crippen molar-refractivity contribution in [2.24, 2.45) is 5.41 Å². The number of aliphatic hydroxyl groups is 1. The van der Waals surface area contributed by atoms with E-state index in [2.05, 4.69) is 67.6 Å². The highest BCUT2D eigenvalue weighted by Crippen LogP contribution is 2.40. The molecule has 1 aromatic heterocycles. The molecule has 0 unspecified atom stereocenters. The zero-order valence-corrected chi connectivity index (χ0v) is 20.8. The van der Waals surface area contributed by atoms with E-state index in [1.165, 1.54) is 5.56 Å². The zero-order chi connectivity index (χ0) is 23.5. The van der Waals surface area contributed by atoms with Crippen LogP contribution >= 0.6 is 0 Å². The van der Waals surface area contributed by atoms with Crippen LogP contribution in [0.3, 0.4) is 0 Å². The van der Waals surface area contributed by atoms with Gasteiger partial charge in [-0.05, 0) is 69.4 Å². The third-order valence-electron chi connectivity index (χ3n) is 6.38. The van der Waals surface area contributed by atoms with Crippen molar-refractivity contribution in [3.8, 4) is 0 Å². The normalized spacial score (nSPS) is 16.2. The number of carbonyl (C=O) groups excluding carboxylic acids is 1. The Labute approximate surface area is 193 Å². The van der Waals surface area contributed by atoms with Gasteiger partial charge in [0, 0.05) is 31.2 Å². The minimum absolute atomic E-state index is 0.0993. The van der Waals surface area contributed by atoms with E-state index < -0.39 is 6.10 Å². The summed E-state index contributed by atoms with van der Waals surface area (Å²) in [6, 6.07) is 6.71. The highest BCUT2D eigenvalue weighted by Gasteiger charge is 2.33. The van der Waals surface area contributed by atoms with E-state index in [-0.39, 0.29) is 11.7 Å². The van der Waals surface area contributed by atoms with Gasteiger partial charge in [0.05, 0.1) is 6.10 Å². The predicted molar refractivity (Wildman–Crippen MR) is 129 cm³/mol. The van der Waals surface area contributed by atoms with Crippen LogP contribution in [0.15, 0.2) is 18.2 Å². The van der Waals surface area contributed by atoms with Gasteiger partial charge in [0.2, 0.25) is 0 Å². The van der Waals surface area contributed by atoms with E-state index >= 15 is 0 Å². The minimum atomic E-state index is -0.484. The largest absolute Gasteiger partial charge is 0.393 e. The Bertz CT molecular complexity index is 919. The second kappa shape index (κ2) is 10.3. The lowest BCUT2D eigenvalue weighted by atomic mass is 9.90. The number of hydrogen-bond acceptors (Lipinski definition) is 4. The molecule has 0 saturated heterocycles. The number of carbonyl (C=O) groups is 1. The van der Waals surface area contributed by atoms with E-state index in [1.54, 1.807) is 6.92 Å². The maximum Gasteiger partial charge on any atom is 0.138 e. The highest BCUT2D eigenvalue weighted by atomic mass is 16.3. The zero-order valence-electron chi connectivity index (χ0n) is 20.8. The number of benzene rings is 1. The fraction of sp³-hybridized carbons (Fsp3) is 0.667. The lowest BCUT2D eigenvalue weighted by Gasteiger charge is -2.20. The second-order valence-electron chi connectivity index (χ2n) is 11.1. The molecule has 0 amide bonds. The van der Waals surface area contributed by atoms with Crippen molar-refractivity contribution in [1.82, 2.24) is 14.8 Å². The summed E-state index contributed by atoms with van der Waals surface area (Å²) in [7, 11) is 0. The Morgan fingerprint density at radius 2 is 1.94 bits per heavy atom. The summed E-state index contributed by atoms with van der Waals surface area (Å²) in [6.45, 7) is 12.7. The topological polar surface area (TPSA) is 68.0 Å². The Morgan fingerprint density at radius 1 is 1.22 bits per heavy atom. The Kier molecular flexibility index (Phi) is 7.92. The number of ketones is 1. The van der Waals surface area contributed by atoms with Crippen molar-refractivity contribution in [3.05, 3.63) is 46.5 Å². The van der Waals surface area contributed by atoms with Gasteiger partial charge in [-0.15, -0.1) is 10.2 Å². The molecule has 5 nitrogen and oxygen atoms in total. The van der Waals surface area contributed by atoms with Crippen molar-refractivity contribution in [1.29, 1.82) is 0 Å². The number of Topliss-reactive ketones (excluding diaryl/α,β-unsaturated/α-hetero) is 1. The molecule has 3 rings (SSSR count). The van der Waals surface area contributed by atoms with Crippen LogP contribution in [-0.4, -0.2) is 31.8 Å². The predicted octanol–water partition coefficient (Wildman–Crippen LogP) is 5.66. The van der Waals surface area contributed by atoms with Gasteiger partial charge in [-0.3, -0.25) is 4.79 Å². The van der Waals surface area contributed by atoms with Gasteiger partial charge in [0.1, 0.15) is 17.4 Å². The van der Waals surface area contributed by atoms with Crippen molar-refractivity contribution in [2.45, 2.75) is 111 Å². The summed E-state index contributed by atoms with van der Waals surface area (Å²) in [5.74, 6) is 2.04. The number of nitrogens with zero attached hydrogens (tertiary/aromatic N) is 3. The van der Waals surface area contributed by atoms with Gasteiger partial charge in [-0.2, -0.15) is 0 Å². The third kappa shape index (κ3) is 6.99. The van der Waals surface area contributed by atoms with Crippen LogP contribution in [0.1, 0.15) is 107 Å². The van der Waals surface area contributed by atoms with E-state index in [1.807, 2.05) is 0 Å². The lowest BCUT2D eigenvalue weighted by molar-refractivity contribution is -0.119. The number of hydrogen-bond donors (Lipinski definition) is 1. The Morgan fingerprint density at radius 3 is 2.53 bits per heavy atom. The molecule has 1 saturated carbocycles. The number of aromatic nitrogens is 3. The molecule has 1 heterocycles. The van der Waals surface area contributed by atoms with Crippen molar-refractivity contribution in [3.63, 3.8) is 0 Å².